The van der Waals surface area contributed by atoms with E-state index in [0.717, 1.165) is 27.7 Å². The zero-order valence-electron chi connectivity index (χ0n) is 14.9. The fourth-order valence-corrected chi connectivity index (χ4v) is 3.44. The topological polar surface area (TPSA) is 81.7 Å². The Morgan fingerprint density at radius 1 is 1.37 bits per heavy atom. The van der Waals surface area contributed by atoms with Gasteiger partial charge in [-0.25, -0.2) is 4.98 Å². The smallest absolute Gasteiger partial charge is 0.251 e. The van der Waals surface area contributed by atoms with Gasteiger partial charge in [-0.2, -0.15) is 0 Å². The molecule has 27 heavy (non-hydrogen) atoms. The van der Waals surface area contributed by atoms with Crippen LogP contribution in [-0.4, -0.2) is 20.4 Å². The summed E-state index contributed by atoms with van der Waals surface area (Å²) >= 11 is 1.56. The molecule has 3 heterocycles. The molecule has 1 N–H and O–H groups in total. The molecule has 1 aromatic carbocycles. The predicted molar refractivity (Wildman–Crippen MR) is 101 cm³/mol. The van der Waals surface area contributed by atoms with Gasteiger partial charge < -0.3 is 14.6 Å². The van der Waals surface area contributed by atoms with E-state index < -0.39 is 0 Å². The van der Waals surface area contributed by atoms with Gasteiger partial charge in [0.1, 0.15) is 18.1 Å². The summed E-state index contributed by atoms with van der Waals surface area (Å²) in [6.07, 6.45) is 3.85. The Morgan fingerprint density at radius 2 is 2.26 bits per heavy atom. The molecule has 0 saturated heterocycles. The van der Waals surface area contributed by atoms with Crippen LogP contribution >= 0.6 is 11.3 Å². The number of nitrogens with zero attached hydrogens (tertiary/aromatic N) is 3. The number of carbonyl (C=O) groups excluding carboxylic acids is 1. The zero-order chi connectivity index (χ0) is 18.8. The number of hydrogen-bond acceptors (Lipinski definition) is 6. The third kappa shape index (κ3) is 3.70. The van der Waals surface area contributed by atoms with Gasteiger partial charge in [0, 0.05) is 23.3 Å². The number of thiazole rings is 1. The normalized spacial score (nSPS) is 11.0. The predicted octanol–water partition coefficient (Wildman–Crippen LogP) is 3.51. The number of hydrogen-bond donors (Lipinski definition) is 1. The molecule has 3 aromatic heterocycles. The van der Waals surface area contributed by atoms with E-state index in [9.17, 15) is 4.79 Å². The summed E-state index contributed by atoms with van der Waals surface area (Å²) in [5, 5.41) is 8.77. The third-order valence-electron chi connectivity index (χ3n) is 4.23. The first kappa shape index (κ1) is 17.3. The van der Waals surface area contributed by atoms with Crippen LogP contribution < -0.4 is 10.1 Å². The Morgan fingerprint density at radius 3 is 3.04 bits per heavy atom. The van der Waals surface area contributed by atoms with Gasteiger partial charge in [-0.05, 0) is 32.0 Å². The van der Waals surface area contributed by atoms with Gasteiger partial charge in [0.2, 0.25) is 0 Å². The fourth-order valence-electron chi connectivity index (χ4n) is 2.72. The molecule has 1 amide bonds. The van der Waals surface area contributed by atoms with Gasteiger partial charge in [0.05, 0.1) is 23.5 Å². The standard InChI is InChI=1S/C19H18N4O3S/c1-12-17(13(2)26-22-12)11-25-16-5-3-4-14(8-16)18(24)20-9-15-10-23-6-7-27-19(23)21-15/h3-8,10H,9,11H2,1-2H3,(H,20,24). The van der Waals surface area contributed by atoms with Crippen molar-refractivity contribution in [3.05, 3.63) is 70.3 Å². The first-order valence-corrected chi connectivity index (χ1v) is 9.32. The summed E-state index contributed by atoms with van der Waals surface area (Å²) in [6.45, 7) is 4.44. The molecule has 0 aliphatic heterocycles. The van der Waals surface area contributed by atoms with Crippen LogP contribution in [0.25, 0.3) is 4.96 Å². The van der Waals surface area contributed by atoms with E-state index in [0.29, 0.717) is 24.5 Å². The van der Waals surface area contributed by atoms with E-state index in [4.69, 9.17) is 9.26 Å². The molecular formula is C19H18N4O3S. The van der Waals surface area contributed by atoms with Crippen LogP contribution in [0.15, 0.2) is 46.6 Å². The van der Waals surface area contributed by atoms with Crippen LogP contribution in [0.1, 0.15) is 33.1 Å². The third-order valence-corrected chi connectivity index (χ3v) is 5.00. The second-order valence-corrected chi connectivity index (χ2v) is 7.00. The quantitative estimate of drug-likeness (QED) is 0.552. The highest BCUT2D eigenvalue weighted by Gasteiger charge is 2.11. The van der Waals surface area contributed by atoms with Crippen molar-refractivity contribution in [2.45, 2.75) is 27.0 Å². The maximum Gasteiger partial charge on any atom is 0.251 e. The van der Waals surface area contributed by atoms with E-state index >= 15 is 0 Å². The highest BCUT2D eigenvalue weighted by molar-refractivity contribution is 7.15. The Kier molecular flexibility index (Phi) is 4.64. The van der Waals surface area contributed by atoms with Crippen LogP contribution in [0.2, 0.25) is 0 Å². The van der Waals surface area contributed by atoms with Crippen molar-refractivity contribution < 1.29 is 14.1 Å². The number of carbonyl (C=O) groups is 1. The summed E-state index contributed by atoms with van der Waals surface area (Å²) < 4.78 is 12.9. The lowest BCUT2D eigenvalue weighted by molar-refractivity contribution is 0.0950. The minimum absolute atomic E-state index is 0.172. The lowest BCUT2D eigenvalue weighted by atomic mass is 10.2. The number of imidazole rings is 1. The monoisotopic (exact) mass is 382 g/mol. The number of nitrogens with one attached hydrogen (secondary N) is 1. The first-order valence-electron chi connectivity index (χ1n) is 8.44. The number of fused-ring (bicyclic) bond motifs is 1. The summed E-state index contributed by atoms with van der Waals surface area (Å²) in [7, 11) is 0. The summed E-state index contributed by atoms with van der Waals surface area (Å²) in [5.74, 6) is 1.18. The van der Waals surface area contributed by atoms with Crippen molar-refractivity contribution in [3.63, 3.8) is 0 Å². The summed E-state index contributed by atoms with van der Waals surface area (Å²) in [5.41, 5.74) is 3.08. The molecule has 0 saturated carbocycles. The fraction of sp³-hybridized carbons (Fsp3) is 0.211. The lowest BCUT2D eigenvalue weighted by Gasteiger charge is -2.08. The van der Waals surface area contributed by atoms with Crippen LogP contribution in [-0.2, 0) is 13.2 Å². The van der Waals surface area contributed by atoms with Gasteiger partial charge >= 0.3 is 0 Å². The van der Waals surface area contributed by atoms with Crippen LogP contribution in [0, 0.1) is 13.8 Å². The van der Waals surface area contributed by atoms with Gasteiger partial charge in [0.25, 0.3) is 5.91 Å². The molecule has 7 nitrogen and oxygen atoms in total. The maximum atomic E-state index is 12.4. The van der Waals surface area contributed by atoms with Crippen LogP contribution in [0.4, 0.5) is 0 Å². The molecule has 0 aliphatic carbocycles. The second-order valence-electron chi connectivity index (χ2n) is 6.13. The minimum Gasteiger partial charge on any atom is -0.489 e. The molecule has 0 aliphatic rings. The molecule has 138 valence electrons. The van der Waals surface area contributed by atoms with E-state index in [1.165, 1.54) is 0 Å². The van der Waals surface area contributed by atoms with Crippen LogP contribution in [0.5, 0.6) is 5.75 Å². The van der Waals surface area contributed by atoms with E-state index in [-0.39, 0.29) is 5.91 Å². The molecule has 0 spiro atoms. The summed E-state index contributed by atoms with van der Waals surface area (Å²) in [6, 6.07) is 7.09. The van der Waals surface area contributed by atoms with Crippen molar-refractivity contribution in [2.75, 3.05) is 0 Å². The molecule has 0 fully saturated rings. The molecule has 0 atom stereocenters. The molecule has 0 bridgehead atoms. The van der Waals surface area contributed by atoms with Crippen molar-refractivity contribution in [3.8, 4) is 5.75 Å². The SMILES string of the molecule is Cc1noc(C)c1COc1cccc(C(=O)NCc2cn3ccsc3n2)c1. The maximum absolute atomic E-state index is 12.4. The van der Waals surface area contributed by atoms with E-state index in [1.54, 1.807) is 29.5 Å². The van der Waals surface area contributed by atoms with Gasteiger partial charge in [-0.3, -0.25) is 9.20 Å². The van der Waals surface area contributed by atoms with E-state index in [2.05, 4.69) is 15.5 Å². The molecule has 4 rings (SSSR count). The molecule has 4 aromatic rings. The van der Waals surface area contributed by atoms with Gasteiger partial charge in [-0.15, -0.1) is 11.3 Å². The van der Waals surface area contributed by atoms with Crippen molar-refractivity contribution in [1.29, 1.82) is 0 Å². The highest BCUT2D eigenvalue weighted by Crippen LogP contribution is 2.19. The first-order chi connectivity index (χ1) is 13.1. The number of ether oxygens (including phenoxy) is 1. The average molecular weight is 382 g/mol. The van der Waals surface area contributed by atoms with E-state index in [1.807, 2.05) is 42.1 Å². The largest absolute Gasteiger partial charge is 0.489 e. The molecular weight excluding hydrogens is 364 g/mol. The number of rotatable bonds is 6. The Balaban J connectivity index is 1.39. The number of aromatic nitrogens is 3. The Hall–Kier alpha value is -3.13. The number of benzene rings is 1. The molecule has 0 radical (unpaired) electrons. The lowest BCUT2D eigenvalue weighted by Crippen LogP contribution is -2.22. The van der Waals surface area contributed by atoms with Crippen molar-refractivity contribution in [1.82, 2.24) is 19.9 Å². The summed E-state index contributed by atoms with van der Waals surface area (Å²) in [4.78, 5) is 17.8. The van der Waals surface area contributed by atoms with Crippen molar-refractivity contribution in [2.24, 2.45) is 0 Å². The van der Waals surface area contributed by atoms with Gasteiger partial charge in [-0.1, -0.05) is 11.2 Å². The highest BCUT2D eigenvalue weighted by atomic mass is 32.1. The average Bonchev–Trinajstić information content (AvgIpc) is 3.34. The number of aryl methyl sites for hydroxylation is 2. The second kappa shape index (κ2) is 7.24. The zero-order valence-corrected chi connectivity index (χ0v) is 15.7. The Bertz CT molecular complexity index is 1050. The number of amides is 1. The minimum atomic E-state index is -0.172. The Labute approximate surface area is 159 Å². The van der Waals surface area contributed by atoms with Gasteiger partial charge in [0.15, 0.2) is 4.96 Å². The van der Waals surface area contributed by atoms with Crippen LogP contribution in [0.3, 0.4) is 0 Å². The molecule has 0 unspecified atom stereocenters. The molecule has 8 heteroatoms. The van der Waals surface area contributed by atoms with Crippen molar-refractivity contribution >= 4 is 22.2 Å².